The molecule has 2 amide bonds. The lowest BCUT2D eigenvalue weighted by Gasteiger charge is -2.28. The Morgan fingerprint density at radius 1 is 1.31 bits per heavy atom. The molecule has 26 heavy (non-hydrogen) atoms. The van der Waals surface area contributed by atoms with E-state index in [9.17, 15) is 19.5 Å². The lowest BCUT2D eigenvalue weighted by atomic mass is 10.0. The lowest BCUT2D eigenvalue weighted by Crippen LogP contribution is -2.36. The molecule has 1 saturated heterocycles. The van der Waals surface area contributed by atoms with Gasteiger partial charge in [0, 0.05) is 25.6 Å². The fraction of sp³-hybridized carbons (Fsp3) is 0.316. The van der Waals surface area contributed by atoms with Crippen LogP contribution in [0.4, 0.5) is 0 Å². The van der Waals surface area contributed by atoms with Crippen LogP contribution in [0.15, 0.2) is 40.8 Å². The van der Waals surface area contributed by atoms with Crippen LogP contribution >= 0.6 is 0 Å². The van der Waals surface area contributed by atoms with Gasteiger partial charge < -0.3 is 19.7 Å². The zero-order valence-electron chi connectivity index (χ0n) is 14.4. The van der Waals surface area contributed by atoms with Crippen LogP contribution in [0, 0.1) is 0 Å². The summed E-state index contributed by atoms with van der Waals surface area (Å²) in [6.45, 7) is 2.41. The highest BCUT2D eigenvalue weighted by Crippen LogP contribution is 2.28. The Kier molecular flexibility index (Phi) is 5.06. The van der Waals surface area contributed by atoms with Crippen molar-refractivity contribution in [2.45, 2.75) is 25.8 Å². The van der Waals surface area contributed by atoms with Crippen molar-refractivity contribution in [3.63, 3.8) is 0 Å². The van der Waals surface area contributed by atoms with Crippen molar-refractivity contribution in [3.05, 3.63) is 59.0 Å². The van der Waals surface area contributed by atoms with Gasteiger partial charge in [-0.3, -0.25) is 9.59 Å². The van der Waals surface area contributed by atoms with Gasteiger partial charge in [0.15, 0.2) is 5.76 Å². The standard InChI is InChI=1S/C19H20N2O5/c1-2-15-13(19(24)25)10-16(26-15)18(23)21-9-8-20-17(22)11-14(21)12-6-4-3-5-7-12/h3-7,10,14H,2,8-9,11H2,1H3,(H,20,22)(H,24,25). The number of amides is 2. The average Bonchev–Trinajstić information content (AvgIpc) is 2.99. The molecular formula is C19H20N2O5. The van der Waals surface area contributed by atoms with Crippen molar-refractivity contribution in [1.82, 2.24) is 10.2 Å². The maximum Gasteiger partial charge on any atom is 0.339 e. The SMILES string of the molecule is CCc1oc(C(=O)N2CCNC(=O)CC2c2ccccc2)cc1C(=O)O. The molecule has 1 atom stereocenters. The van der Waals surface area contributed by atoms with Gasteiger partial charge in [0.1, 0.15) is 11.3 Å². The predicted molar refractivity (Wildman–Crippen MR) is 92.9 cm³/mol. The summed E-state index contributed by atoms with van der Waals surface area (Å²) in [5.41, 5.74) is 0.842. The van der Waals surface area contributed by atoms with Gasteiger partial charge in [-0.15, -0.1) is 0 Å². The summed E-state index contributed by atoms with van der Waals surface area (Å²) in [6.07, 6.45) is 0.514. The average molecular weight is 356 g/mol. The second-order valence-electron chi connectivity index (χ2n) is 6.09. The van der Waals surface area contributed by atoms with Crippen LogP contribution in [0.3, 0.4) is 0 Å². The van der Waals surface area contributed by atoms with Gasteiger partial charge in [-0.05, 0) is 5.56 Å². The molecule has 0 aliphatic carbocycles. The van der Waals surface area contributed by atoms with E-state index in [0.29, 0.717) is 19.5 Å². The van der Waals surface area contributed by atoms with Gasteiger partial charge in [0.05, 0.1) is 12.5 Å². The second kappa shape index (κ2) is 7.43. The number of carbonyl (C=O) groups is 3. The molecule has 0 bridgehead atoms. The van der Waals surface area contributed by atoms with E-state index >= 15 is 0 Å². The van der Waals surface area contributed by atoms with Crippen LogP contribution in [-0.2, 0) is 11.2 Å². The summed E-state index contributed by atoms with van der Waals surface area (Å²) < 4.78 is 5.51. The molecule has 0 saturated carbocycles. The van der Waals surface area contributed by atoms with Gasteiger partial charge in [0.2, 0.25) is 5.91 Å². The van der Waals surface area contributed by atoms with Crippen LogP contribution < -0.4 is 5.32 Å². The molecule has 7 nitrogen and oxygen atoms in total. The number of furan rings is 1. The molecule has 136 valence electrons. The van der Waals surface area contributed by atoms with Crippen molar-refractivity contribution in [1.29, 1.82) is 0 Å². The summed E-state index contributed by atoms with van der Waals surface area (Å²) in [5.74, 6) is -1.43. The number of aromatic carboxylic acids is 1. The van der Waals surface area contributed by atoms with Crippen molar-refractivity contribution in [2.24, 2.45) is 0 Å². The largest absolute Gasteiger partial charge is 0.478 e. The highest BCUT2D eigenvalue weighted by atomic mass is 16.4. The first-order valence-corrected chi connectivity index (χ1v) is 8.49. The topological polar surface area (TPSA) is 99.9 Å². The maximum atomic E-state index is 13.0. The molecule has 1 fully saturated rings. The smallest absolute Gasteiger partial charge is 0.339 e. The van der Waals surface area contributed by atoms with Crippen LogP contribution in [0.25, 0.3) is 0 Å². The van der Waals surface area contributed by atoms with Crippen molar-refractivity contribution in [3.8, 4) is 0 Å². The number of hydrogen-bond donors (Lipinski definition) is 2. The minimum atomic E-state index is -1.13. The Labute approximate surface area is 150 Å². The van der Waals surface area contributed by atoms with E-state index in [1.54, 1.807) is 11.8 Å². The molecule has 2 heterocycles. The maximum absolute atomic E-state index is 13.0. The van der Waals surface area contributed by atoms with E-state index < -0.39 is 17.9 Å². The zero-order chi connectivity index (χ0) is 18.7. The summed E-state index contributed by atoms with van der Waals surface area (Å²) in [7, 11) is 0. The lowest BCUT2D eigenvalue weighted by molar-refractivity contribution is -0.121. The molecule has 1 aliphatic heterocycles. The minimum Gasteiger partial charge on any atom is -0.478 e. The first kappa shape index (κ1) is 17.7. The van der Waals surface area contributed by atoms with Crippen molar-refractivity contribution >= 4 is 17.8 Å². The van der Waals surface area contributed by atoms with Crippen LogP contribution in [0.5, 0.6) is 0 Å². The minimum absolute atomic E-state index is 0.00358. The fourth-order valence-electron chi connectivity index (χ4n) is 3.16. The quantitative estimate of drug-likeness (QED) is 0.875. The molecule has 1 unspecified atom stereocenters. The number of benzene rings is 1. The number of rotatable bonds is 4. The van der Waals surface area contributed by atoms with E-state index in [0.717, 1.165) is 5.56 Å². The molecule has 1 aromatic carbocycles. The molecular weight excluding hydrogens is 336 g/mol. The third-order valence-electron chi connectivity index (χ3n) is 4.45. The summed E-state index contributed by atoms with van der Waals surface area (Å²) in [4.78, 5) is 38.0. The van der Waals surface area contributed by atoms with Crippen LogP contribution in [-0.4, -0.2) is 40.9 Å². The second-order valence-corrected chi connectivity index (χ2v) is 6.09. The van der Waals surface area contributed by atoms with E-state index in [2.05, 4.69) is 5.32 Å². The Morgan fingerprint density at radius 3 is 2.65 bits per heavy atom. The Balaban J connectivity index is 1.97. The van der Waals surface area contributed by atoms with Crippen LogP contribution in [0.1, 0.15) is 51.6 Å². The number of carbonyl (C=O) groups excluding carboxylic acids is 2. The van der Waals surface area contributed by atoms with Gasteiger partial charge in [-0.2, -0.15) is 0 Å². The number of nitrogens with one attached hydrogen (secondary N) is 1. The Hall–Kier alpha value is -3.09. The molecule has 2 N–H and O–H groups in total. The van der Waals surface area contributed by atoms with E-state index in [1.165, 1.54) is 6.07 Å². The van der Waals surface area contributed by atoms with E-state index in [4.69, 9.17) is 4.42 Å². The molecule has 2 aromatic rings. The first-order valence-electron chi connectivity index (χ1n) is 8.49. The van der Waals surface area contributed by atoms with Gasteiger partial charge in [-0.1, -0.05) is 37.3 Å². The molecule has 7 heteroatoms. The summed E-state index contributed by atoms with van der Waals surface area (Å²) in [5, 5.41) is 12.0. The normalized spacial score (nSPS) is 17.5. The molecule has 0 spiro atoms. The first-order chi connectivity index (χ1) is 12.5. The number of carboxylic acid groups (broad SMARTS) is 1. The van der Waals surface area contributed by atoms with Gasteiger partial charge in [-0.25, -0.2) is 4.79 Å². The number of carboxylic acids is 1. The molecule has 3 rings (SSSR count). The molecule has 0 radical (unpaired) electrons. The summed E-state index contributed by atoms with van der Waals surface area (Å²) in [6, 6.07) is 10.1. The molecule has 1 aliphatic rings. The number of hydrogen-bond acceptors (Lipinski definition) is 4. The fourth-order valence-corrected chi connectivity index (χ4v) is 3.16. The highest BCUT2D eigenvalue weighted by molar-refractivity contribution is 5.97. The number of nitrogens with zero attached hydrogens (tertiary/aromatic N) is 1. The summed E-state index contributed by atoms with van der Waals surface area (Å²) >= 11 is 0. The Bertz CT molecular complexity index is 828. The molecule has 1 aromatic heterocycles. The zero-order valence-corrected chi connectivity index (χ0v) is 14.4. The van der Waals surface area contributed by atoms with Crippen molar-refractivity contribution in [2.75, 3.05) is 13.1 Å². The third kappa shape index (κ3) is 3.46. The number of aryl methyl sites for hydroxylation is 1. The Morgan fingerprint density at radius 2 is 2.04 bits per heavy atom. The predicted octanol–water partition coefficient (Wildman–Crippen LogP) is 2.24. The van der Waals surface area contributed by atoms with E-state index in [1.807, 2.05) is 30.3 Å². The van der Waals surface area contributed by atoms with E-state index in [-0.39, 0.29) is 29.4 Å². The highest BCUT2D eigenvalue weighted by Gasteiger charge is 2.32. The van der Waals surface area contributed by atoms with Gasteiger partial charge >= 0.3 is 5.97 Å². The van der Waals surface area contributed by atoms with Crippen LogP contribution in [0.2, 0.25) is 0 Å². The van der Waals surface area contributed by atoms with Gasteiger partial charge in [0.25, 0.3) is 5.91 Å². The third-order valence-corrected chi connectivity index (χ3v) is 4.45. The van der Waals surface area contributed by atoms with Crippen molar-refractivity contribution < 1.29 is 23.9 Å². The monoisotopic (exact) mass is 356 g/mol.